The number of carbonyl (C=O) groups is 1. The van der Waals surface area contributed by atoms with E-state index < -0.39 is 6.03 Å². The van der Waals surface area contributed by atoms with Gasteiger partial charge in [-0.25, -0.2) is 19.7 Å². The van der Waals surface area contributed by atoms with Gasteiger partial charge in [0.25, 0.3) is 0 Å². The fourth-order valence-corrected chi connectivity index (χ4v) is 3.18. The van der Waals surface area contributed by atoms with Crippen molar-refractivity contribution in [3.05, 3.63) is 78.1 Å². The van der Waals surface area contributed by atoms with Crippen LogP contribution in [0.25, 0.3) is 11.3 Å². The zero-order valence-electron chi connectivity index (χ0n) is 18.4. The number of anilines is 3. The maximum absolute atomic E-state index is 12.3. The number of rotatable bonds is 7. The number of nitrogens with one attached hydrogen (secondary N) is 3. The lowest BCUT2D eigenvalue weighted by atomic mass is 10.2. The minimum atomic E-state index is -0.408. The molecule has 4 rings (SSSR count). The quantitative estimate of drug-likeness (QED) is 0.314. The van der Waals surface area contributed by atoms with E-state index in [0.29, 0.717) is 51.0 Å². The van der Waals surface area contributed by atoms with Crippen LogP contribution in [0.1, 0.15) is 0 Å². The molecule has 2 aromatic heterocycles. The van der Waals surface area contributed by atoms with Crippen LogP contribution >= 0.6 is 11.6 Å². The Balaban J connectivity index is 1.52. The molecule has 0 saturated heterocycles. The average molecular weight is 477 g/mol. The Labute approximate surface area is 201 Å². The van der Waals surface area contributed by atoms with E-state index in [9.17, 15) is 4.79 Å². The number of carbonyl (C=O) groups excluding carboxylic acids is 1. The zero-order valence-corrected chi connectivity index (χ0v) is 19.1. The first-order chi connectivity index (χ1) is 16.6. The van der Waals surface area contributed by atoms with E-state index in [2.05, 4.69) is 30.9 Å². The number of ether oxygens (including phenoxy) is 2. The van der Waals surface area contributed by atoms with E-state index >= 15 is 0 Å². The van der Waals surface area contributed by atoms with Gasteiger partial charge in [-0.15, -0.1) is 0 Å². The molecule has 0 aliphatic heterocycles. The van der Waals surface area contributed by atoms with Crippen LogP contribution < -0.4 is 25.4 Å². The smallest absolute Gasteiger partial charge is 0.323 e. The molecular weight excluding hydrogens is 456 g/mol. The van der Waals surface area contributed by atoms with Gasteiger partial charge in [0.1, 0.15) is 0 Å². The summed E-state index contributed by atoms with van der Waals surface area (Å²) in [5, 5.41) is 9.00. The Kier molecular flexibility index (Phi) is 7.04. The van der Waals surface area contributed by atoms with Gasteiger partial charge in [0.15, 0.2) is 11.5 Å². The van der Waals surface area contributed by atoms with Crippen molar-refractivity contribution in [1.29, 1.82) is 0 Å². The predicted molar refractivity (Wildman–Crippen MR) is 132 cm³/mol. The Morgan fingerprint density at radius 3 is 2.44 bits per heavy atom. The van der Waals surface area contributed by atoms with Gasteiger partial charge >= 0.3 is 6.03 Å². The number of amides is 2. The highest BCUT2D eigenvalue weighted by atomic mass is 35.5. The van der Waals surface area contributed by atoms with Crippen LogP contribution in [0.5, 0.6) is 17.4 Å². The van der Waals surface area contributed by atoms with E-state index in [-0.39, 0.29) is 0 Å². The van der Waals surface area contributed by atoms with Crippen LogP contribution in [-0.2, 0) is 0 Å². The summed E-state index contributed by atoms with van der Waals surface area (Å²) < 4.78 is 11.5. The third-order valence-electron chi connectivity index (χ3n) is 4.66. The molecule has 3 N–H and O–H groups in total. The lowest BCUT2D eigenvalue weighted by Gasteiger charge is -2.14. The summed E-state index contributed by atoms with van der Waals surface area (Å²) in [6.07, 6.45) is 3.28. The number of methoxy groups -OCH3 is 1. The van der Waals surface area contributed by atoms with Gasteiger partial charge in [0, 0.05) is 41.9 Å². The first kappa shape index (κ1) is 22.8. The first-order valence-corrected chi connectivity index (χ1v) is 10.6. The molecule has 10 heteroatoms. The van der Waals surface area contributed by atoms with Crippen LogP contribution in [0.4, 0.5) is 22.1 Å². The molecule has 0 radical (unpaired) electrons. The summed E-state index contributed by atoms with van der Waals surface area (Å²) in [6.45, 7) is 0. The topological polar surface area (TPSA) is 110 Å². The molecule has 4 aromatic rings. The van der Waals surface area contributed by atoms with E-state index in [4.69, 9.17) is 21.1 Å². The van der Waals surface area contributed by atoms with E-state index in [1.54, 1.807) is 74.0 Å². The number of aromatic nitrogens is 3. The SMILES string of the molecule is CNc1nccc(-c2cccnc2Oc2ccc(NC(=O)Nc3ccc(Cl)cc3)cc2OC)n1. The third kappa shape index (κ3) is 5.51. The van der Waals surface area contributed by atoms with Crippen LogP contribution in [0.2, 0.25) is 5.02 Å². The van der Waals surface area contributed by atoms with Crippen molar-refractivity contribution < 1.29 is 14.3 Å². The van der Waals surface area contributed by atoms with Crippen molar-refractivity contribution >= 4 is 35.0 Å². The van der Waals surface area contributed by atoms with Crippen LogP contribution in [0.15, 0.2) is 73.1 Å². The van der Waals surface area contributed by atoms with Crippen molar-refractivity contribution in [3.63, 3.8) is 0 Å². The van der Waals surface area contributed by atoms with Gasteiger partial charge in [0.05, 0.1) is 18.4 Å². The summed E-state index contributed by atoms with van der Waals surface area (Å²) in [5.41, 5.74) is 2.47. The summed E-state index contributed by atoms with van der Waals surface area (Å²) >= 11 is 5.87. The van der Waals surface area contributed by atoms with Gasteiger partial charge < -0.3 is 25.4 Å². The number of halogens is 1. The van der Waals surface area contributed by atoms with Gasteiger partial charge in [-0.2, -0.15) is 0 Å². The zero-order chi connectivity index (χ0) is 23.9. The molecule has 0 fully saturated rings. The Hall–Kier alpha value is -4.37. The second-order valence-electron chi connectivity index (χ2n) is 6.93. The summed E-state index contributed by atoms with van der Waals surface area (Å²) in [5.74, 6) is 1.67. The highest BCUT2D eigenvalue weighted by Crippen LogP contribution is 2.36. The van der Waals surface area contributed by atoms with Gasteiger partial charge in [-0.3, -0.25) is 0 Å². The fourth-order valence-electron chi connectivity index (χ4n) is 3.06. The lowest BCUT2D eigenvalue weighted by Crippen LogP contribution is -2.19. The highest BCUT2D eigenvalue weighted by Gasteiger charge is 2.14. The number of nitrogens with zero attached hydrogens (tertiary/aromatic N) is 3. The predicted octanol–water partition coefficient (Wildman–Crippen LogP) is 5.68. The third-order valence-corrected chi connectivity index (χ3v) is 4.91. The molecule has 172 valence electrons. The van der Waals surface area contributed by atoms with Gasteiger partial charge in [-0.05, 0) is 54.6 Å². The second-order valence-corrected chi connectivity index (χ2v) is 7.36. The molecule has 0 saturated carbocycles. The number of urea groups is 1. The summed E-state index contributed by atoms with van der Waals surface area (Å²) in [6, 6.07) is 16.9. The molecule has 0 unspecified atom stereocenters. The number of hydrogen-bond donors (Lipinski definition) is 3. The molecule has 0 aliphatic carbocycles. The Morgan fingerprint density at radius 2 is 1.68 bits per heavy atom. The Bertz CT molecular complexity index is 1300. The highest BCUT2D eigenvalue weighted by molar-refractivity contribution is 6.30. The monoisotopic (exact) mass is 476 g/mol. The van der Waals surface area contributed by atoms with Crippen LogP contribution in [0, 0.1) is 0 Å². The van der Waals surface area contributed by atoms with E-state index in [0.717, 1.165) is 0 Å². The molecule has 2 aromatic carbocycles. The first-order valence-electron chi connectivity index (χ1n) is 10.2. The maximum Gasteiger partial charge on any atom is 0.323 e. The van der Waals surface area contributed by atoms with Crippen LogP contribution in [-0.4, -0.2) is 35.1 Å². The molecule has 0 aliphatic rings. The lowest BCUT2D eigenvalue weighted by molar-refractivity contribution is 0.262. The molecular formula is C24H21ClN6O3. The van der Waals surface area contributed by atoms with Crippen molar-refractivity contribution in [2.24, 2.45) is 0 Å². The Morgan fingerprint density at radius 1 is 0.912 bits per heavy atom. The van der Waals surface area contributed by atoms with Gasteiger partial charge in [-0.1, -0.05) is 11.6 Å². The fraction of sp³-hybridized carbons (Fsp3) is 0.0833. The minimum Gasteiger partial charge on any atom is -0.493 e. The van der Waals surface area contributed by atoms with Crippen molar-refractivity contribution in [2.75, 3.05) is 30.1 Å². The number of benzene rings is 2. The summed E-state index contributed by atoms with van der Waals surface area (Å²) in [4.78, 5) is 25.3. The van der Waals surface area contributed by atoms with Crippen molar-refractivity contribution in [1.82, 2.24) is 15.0 Å². The van der Waals surface area contributed by atoms with Crippen molar-refractivity contribution in [3.8, 4) is 28.6 Å². The molecule has 2 heterocycles. The largest absolute Gasteiger partial charge is 0.493 e. The van der Waals surface area contributed by atoms with E-state index in [1.807, 2.05) is 6.07 Å². The van der Waals surface area contributed by atoms with Gasteiger partial charge in [0.2, 0.25) is 11.8 Å². The van der Waals surface area contributed by atoms with Crippen molar-refractivity contribution in [2.45, 2.75) is 0 Å². The van der Waals surface area contributed by atoms with Crippen LogP contribution in [0.3, 0.4) is 0 Å². The summed E-state index contributed by atoms with van der Waals surface area (Å²) in [7, 11) is 3.26. The molecule has 0 bridgehead atoms. The molecule has 34 heavy (non-hydrogen) atoms. The van der Waals surface area contributed by atoms with E-state index in [1.165, 1.54) is 7.11 Å². The number of hydrogen-bond acceptors (Lipinski definition) is 7. The second kappa shape index (κ2) is 10.5. The standard InChI is InChI=1S/C24H21ClN6O3/c1-26-23-28-13-11-19(31-23)18-4-3-12-27-22(18)34-20-10-9-17(14-21(20)33-2)30-24(32)29-16-7-5-15(25)6-8-16/h3-14H,1-2H3,(H,26,28,31)(H2,29,30,32). The molecule has 0 spiro atoms. The average Bonchev–Trinajstić information content (AvgIpc) is 2.86. The maximum atomic E-state index is 12.3. The molecule has 2 amide bonds. The normalized spacial score (nSPS) is 10.3. The number of pyridine rings is 1. The molecule has 0 atom stereocenters. The molecule has 9 nitrogen and oxygen atoms in total. The minimum absolute atomic E-state index is 0.350.